The number of benzene rings is 2. The molecule has 1 heterocycles. The molecule has 0 bridgehead atoms. The number of amides is 1. The van der Waals surface area contributed by atoms with Gasteiger partial charge in [0.1, 0.15) is 0 Å². The molecule has 0 aromatic heterocycles. The van der Waals surface area contributed by atoms with Crippen molar-refractivity contribution >= 4 is 33.4 Å². The molecule has 1 amide bonds. The van der Waals surface area contributed by atoms with Gasteiger partial charge in [0, 0.05) is 30.1 Å². The van der Waals surface area contributed by atoms with Crippen LogP contribution in [0, 0.1) is 0 Å². The van der Waals surface area contributed by atoms with Gasteiger partial charge in [-0.05, 0) is 61.1 Å². The zero-order chi connectivity index (χ0) is 19.3. The molecule has 0 aliphatic carbocycles. The fraction of sp³-hybridized carbons (Fsp3) is 0.350. The van der Waals surface area contributed by atoms with E-state index in [4.69, 9.17) is 0 Å². The Kier molecular flexibility index (Phi) is 6.57. The maximum Gasteiger partial charge on any atom is 0.255 e. The summed E-state index contributed by atoms with van der Waals surface area (Å²) >= 11 is 1.70. The van der Waals surface area contributed by atoms with Gasteiger partial charge in [0.25, 0.3) is 5.91 Å². The number of thioether (sulfide) groups is 1. The zero-order valence-corrected chi connectivity index (χ0v) is 17.0. The molecule has 2 aromatic rings. The first-order chi connectivity index (χ1) is 13.0. The van der Waals surface area contributed by atoms with Crippen molar-refractivity contribution in [1.82, 2.24) is 4.31 Å². The standard InChI is InChI=1S/C20H24N2O3S2/c1-26-15-16-6-5-7-17(14-16)20(23)21-18-8-10-19(11-9-18)27(24,25)22-12-3-2-4-13-22/h5-11,14H,2-4,12-13,15H2,1H3,(H,21,23). The van der Waals surface area contributed by atoms with Gasteiger partial charge in [-0.15, -0.1) is 0 Å². The van der Waals surface area contributed by atoms with Gasteiger partial charge in [-0.2, -0.15) is 16.1 Å². The number of nitrogens with zero attached hydrogens (tertiary/aromatic N) is 1. The maximum absolute atomic E-state index is 12.7. The first kappa shape index (κ1) is 19.9. The number of hydrogen-bond acceptors (Lipinski definition) is 4. The Morgan fingerprint density at radius 2 is 1.78 bits per heavy atom. The van der Waals surface area contributed by atoms with E-state index in [1.165, 1.54) is 0 Å². The van der Waals surface area contributed by atoms with Crippen LogP contribution in [-0.2, 0) is 15.8 Å². The predicted molar refractivity (Wildman–Crippen MR) is 111 cm³/mol. The van der Waals surface area contributed by atoms with E-state index >= 15 is 0 Å². The Bertz CT molecular complexity index is 890. The molecule has 0 atom stereocenters. The third-order valence-electron chi connectivity index (χ3n) is 4.57. The molecule has 0 unspecified atom stereocenters. The summed E-state index contributed by atoms with van der Waals surface area (Å²) in [7, 11) is -3.45. The molecule has 1 fully saturated rings. The molecule has 5 nitrogen and oxygen atoms in total. The second kappa shape index (κ2) is 8.91. The summed E-state index contributed by atoms with van der Waals surface area (Å²) in [6, 6.07) is 13.9. The summed E-state index contributed by atoms with van der Waals surface area (Å²) in [4.78, 5) is 12.7. The second-order valence-electron chi connectivity index (χ2n) is 6.58. The topological polar surface area (TPSA) is 66.5 Å². The predicted octanol–water partition coefficient (Wildman–Crippen LogP) is 3.98. The monoisotopic (exact) mass is 404 g/mol. The van der Waals surface area contributed by atoms with Crippen molar-refractivity contribution in [1.29, 1.82) is 0 Å². The van der Waals surface area contributed by atoms with Gasteiger partial charge in [0.05, 0.1) is 4.90 Å². The molecular weight excluding hydrogens is 380 g/mol. The van der Waals surface area contributed by atoms with E-state index in [1.807, 2.05) is 24.5 Å². The minimum absolute atomic E-state index is 0.204. The molecule has 7 heteroatoms. The van der Waals surface area contributed by atoms with E-state index in [0.29, 0.717) is 24.3 Å². The minimum atomic E-state index is -3.45. The van der Waals surface area contributed by atoms with E-state index in [-0.39, 0.29) is 10.8 Å². The Morgan fingerprint density at radius 3 is 2.44 bits per heavy atom. The van der Waals surface area contributed by atoms with Crippen LogP contribution in [0.5, 0.6) is 0 Å². The highest BCUT2D eigenvalue weighted by Gasteiger charge is 2.25. The van der Waals surface area contributed by atoms with Crippen molar-refractivity contribution in [3.63, 3.8) is 0 Å². The summed E-state index contributed by atoms with van der Waals surface area (Å²) < 4.78 is 26.9. The van der Waals surface area contributed by atoms with Crippen LogP contribution in [0.4, 0.5) is 5.69 Å². The van der Waals surface area contributed by atoms with Crippen molar-refractivity contribution in [3.8, 4) is 0 Å². The number of sulfonamides is 1. The van der Waals surface area contributed by atoms with Gasteiger partial charge in [0.2, 0.25) is 10.0 Å². The number of carbonyl (C=O) groups is 1. The number of piperidine rings is 1. The summed E-state index contributed by atoms with van der Waals surface area (Å²) in [5.74, 6) is 0.647. The van der Waals surface area contributed by atoms with Gasteiger partial charge in [-0.3, -0.25) is 4.79 Å². The van der Waals surface area contributed by atoms with Crippen molar-refractivity contribution < 1.29 is 13.2 Å². The minimum Gasteiger partial charge on any atom is -0.322 e. The fourth-order valence-corrected chi connectivity index (χ4v) is 5.17. The lowest BCUT2D eigenvalue weighted by atomic mass is 10.1. The molecule has 1 N–H and O–H groups in total. The van der Waals surface area contributed by atoms with E-state index in [1.54, 1.807) is 46.4 Å². The number of carbonyl (C=O) groups excluding carboxylic acids is 1. The number of anilines is 1. The number of hydrogen-bond donors (Lipinski definition) is 1. The highest BCUT2D eigenvalue weighted by atomic mass is 32.2. The summed E-state index contributed by atoms with van der Waals surface area (Å²) in [6.07, 6.45) is 4.91. The molecule has 0 spiro atoms. The highest BCUT2D eigenvalue weighted by Crippen LogP contribution is 2.22. The smallest absolute Gasteiger partial charge is 0.255 e. The van der Waals surface area contributed by atoms with Gasteiger partial charge in [0.15, 0.2) is 0 Å². The average molecular weight is 405 g/mol. The number of rotatable bonds is 6. The van der Waals surface area contributed by atoms with Crippen LogP contribution >= 0.6 is 11.8 Å². The second-order valence-corrected chi connectivity index (χ2v) is 9.38. The molecule has 1 aliphatic heterocycles. The molecular formula is C20H24N2O3S2. The van der Waals surface area contributed by atoms with E-state index in [2.05, 4.69) is 5.32 Å². The van der Waals surface area contributed by atoms with Crippen molar-refractivity contribution in [3.05, 3.63) is 59.7 Å². The Labute approximate surface area is 165 Å². The lowest BCUT2D eigenvalue weighted by molar-refractivity contribution is 0.102. The Balaban J connectivity index is 1.70. The fourth-order valence-electron chi connectivity index (χ4n) is 3.14. The first-order valence-corrected chi connectivity index (χ1v) is 11.8. The Morgan fingerprint density at radius 1 is 1.07 bits per heavy atom. The average Bonchev–Trinajstić information content (AvgIpc) is 2.69. The van der Waals surface area contributed by atoms with Gasteiger partial charge < -0.3 is 5.32 Å². The van der Waals surface area contributed by atoms with Crippen molar-refractivity contribution in [2.45, 2.75) is 29.9 Å². The summed E-state index contributed by atoms with van der Waals surface area (Å²) in [5.41, 5.74) is 2.26. The van der Waals surface area contributed by atoms with Crippen molar-refractivity contribution in [2.75, 3.05) is 24.7 Å². The third kappa shape index (κ3) is 4.91. The summed E-state index contributed by atoms with van der Waals surface area (Å²) in [6.45, 7) is 1.15. The van der Waals surface area contributed by atoms with Gasteiger partial charge in [-0.1, -0.05) is 18.6 Å². The van der Waals surface area contributed by atoms with Crippen LogP contribution in [0.3, 0.4) is 0 Å². The molecule has 2 aromatic carbocycles. The molecule has 1 aliphatic rings. The first-order valence-electron chi connectivity index (χ1n) is 9.00. The van der Waals surface area contributed by atoms with E-state index in [9.17, 15) is 13.2 Å². The lowest BCUT2D eigenvalue weighted by Crippen LogP contribution is -2.35. The molecule has 144 valence electrons. The van der Waals surface area contributed by atoms with Gasteiger partial charge >= 0.3 is 0 Å². The Hall–Kier alpha value is -1.83. The van der Waals surface area contributed by atoms with Crippen LogP contribution in [-0.4, -0.2) is 38.0 Å². The quantitative estimate of drug-likeness (QED) is 0.791. The SMILES string of the molecule is CSCc1cccc(C(=O)Nc2ccc(S(=O)(=O)N3CCCCC3)cc2)c1. The summed E-state index contributed by atoms with van der Waals surface area (Å²) in [5, 5.41) is 2.83. The van der Waals surface area contributed by atoms with Crippen LogP contribution in [0.25, 0.3) is 0 Å². The van der Waals surface area contributed by atoms with Crippen LogP contribution in [0.2, 0.25) is 0 Å². The maximum atomic E-state index is 12.7. The molecule has 0 radical (unpaired) electrons. The van der Waals surface area contributed by atoms with Crippen LogP contribution in [0.1, 0.15) is 35.2 Å². The molecule has 27 heavy (non-hydrogen) atoms. The normalized spacial score (nSPS) is 15.4. The lowest BCUT2D eigenvalue weighted by Gasteiger charge is -2.25. The highest BCUT2D eigenvalue weighted by molar-refractivity contribution is 7.97. The third-order valence-corrected chi connectivity index (χ3v) is 7.10. The molecule has 1 saturated heterocycles. The van der Waals surface area contributed by atoms with Crippen LogP contribution < -0.4 is 5.32 Å². The van der Waals surface area contributed by atoms with Crippen LogP contribution in [0.15, 0.2) is 53.4 Å². The zero-order valence-electron chi connectivity index (χ0n) is 15.3. The number of nitrogens with one attached hydrogen (secondary N) is 1. The van der Waals surface area contributed by atoms with E-state index in [0.717, 1.165) is 30.6 Å². The van der Waals surface area contributed by atoms with E-state index < -0.39 is 10.0 Å². The molecule has 3 rings (SSSR count). The largest absolute Gasteiger partial charge is 0.322 e. The van der Waals surface area contributed by atoms with Gasteiger partial charge in [-0.25, -0.2) is 8.42 Å². The van der Waals surface area contributed by atoms with Crippen molar-refractivity contribution in [2.24, 2.45) is 0 Å². The molecule has 0 saturated carbocycles.